The second-order valence-electron chi connectivity index (χ2n) is 3.41. The van der Waals surface area contributed by atoms with Gasteiger partial charge in [0.1, 0.15) is 0 Å². The van der Waals surface area contributed by atoms with E-state index in [1.54, 1.807) is 7.11 Å². The average molecular weight is 258 g/mol. The predicted octanol–water partition coefficient (Wildman–Crippen LogP) is 0.853. The fourth-order valence-corrected chi connectivity index (χ4v) is 0.906. The van der Waals surface area contributed by atoms with Crippen LogP contribution in [-0.2, 0) is 9.47 Å². The third kappa shape index (κ3) is 11.2. The molecule has 0 saturated carbocycles. The van der Waals surface area contributed by atoms with E-state index in [1.807, 2.05) is 11.9 Å². The van der Waals surface area contributed by atoms with E-state index in [1.165, 1.54) is 0 Å². The van der Waals surface area contributed by atoms with Crippen molar-refractivity contribution in [2.24, 2.45) is 0 Å². The molecule has 0 unspecified atom stereocenters. The zero-order valence-electron chi connectivity index (χ0n) is 9.84. The quantitative estimate of drug-likeness (QED) is 0.735. The molecular formula is C9H17F3N2O3. The van der Waals surface area contributed by atoms with E-state index in [0.717, 1.165) is 0 Å². The first kappa shape index (κ1) is 16.0. The molecule has 0 heterocycles. The van der Waals surface area contributed by atoms with Gasteiger partial charge >= 0.3 is 12.3 Å². The number of likely N-dealkylation sites (N-methyl/N-ethyl adjacent to an activating group) is 1. The van der Waals surface area contributed by atoms with E-state index in [9.17, 15) is 18.0 Å². The number of alkyl carbamates (subject to hydrolysis) is 1. The lowest BCUT2D eigenvalue weighted by molar-refractivity contribution is -0.160. The minimum Gasteiger partial charge on any atom is -0.440 e. The average Bonchev–Trinajstić information content (AvgIpc) is 2.22. The maximum Gasteiger partial charge on any atom is 0.422 e. The Balaban J connectivity index is 3.51. The highest BCUT2D eigenvalue weighted by atomic mass is 19.4. The summed E-state index contributed by atoms with van der Waals surface area (Å²) in [7, 11) is 3.38. The number of hydrogen-bond donors (Lipinski definition) is 1. The van der Waals surface area contributed by atoms with Crippen LogP contribution in [0.4, 0.5) is 18.0 Å². The third-order valence-electron chi connectivity index (χ3n) is 1.81. The highest BCUT2D eigenvalue weighted by Crippen LogP contribution is 2.14. The van der Waals surface area contributed by atoms with E-state index in [0.29, 0.717) is 19.7 Å². The van der Waals surface area contributed by atoms with Gasteiger partial charge in [0.05, 0.1) is 6.61 Å². The zero-order chi connectivity index (χ0) is 13.3. The smallest absolute Gasteiger partial charge is 0.422 e. The summed E-state index contributed by atoms with van der Waals surface area (Å²) >= 11 is 0. The van der Waals surface area contributed by atoms with Crippen LogP contribution in [0.3, 0.4) is 0 Å². The largest absolute Gasteiger partial charge is 0.440 e. The fourth-order valence-electron chi connectivity index (χ4n) is 0.906. The molecule has 0 bridgehead atoms. The van der Waals surface area contributed by atoms with Crippen LogP contribution >= 0.6 is 0 Å². The molecule has 0 aromatic carbocycles. The SMILES string of the molecule is COCCN(C)CCNC(=O)OCC(F)(F)F. The van der Waals surface area contributed by atoms with Crippen molar-refractivity contribution in [2.45, 2.75) is 6.18 Å². The Labute approximate surface area is 97.9 Å². The third-order valence-corrected chi connectivity index (χ3v) is 1.81. The zero-order valence-corrected chi connectivity index (χ0v) is 9.84. The van der Waals surface area contributed by atoms with Gasteiger partial charge in [-0.25, -0.2) is 4.79 Å². The Kier molecular flexibility index (Phi) is 7.64. The van der Waals surface area contributed by atoms with Crippen molar-refractivity contribution in [1.29, 1.82) is 0 Å². The molecule has 8 heteroatoms. The second kappa shape index (κ2) is 8.13. The van der Waals surface area contributed by atoms with Crippen LogP contribution < -0.4 is 5.32 Å². The molecule has 0 radical (unpaired) electrons. The molecule has 17 heavy (non-hydrogen) atoms. The standard InChI is InChI=1S/C9H17F3N2O3/c1-14(5-6-16-2)4-3-13-8(15)17-7-9(10,11)12/h3-7H2,1-2H3,(H,13,15). The van der Waals surface area contributed by atoms with Gasteiger partial charge in [0.15, 0.2) is 6.61 Å². The number of nitrogens with one attached hydrogen (secondary N) is 1. The summed E-state index contributed by atoms with van der Waals surface area (Å²) in [6.07, 6.45) is -5.56. The van der Waals surface area contributed by atoms with Crippen LogP contribution in [0.15, 0.2) is 0 Å². The summed E-state index contributed by atoms with van der Waals surface area (Å²) in [6, 6.07) is 0. The molecule has 0 fully saturated rings. The van der Waals surface area contributed by atoms with Crippen LogP contribution in [0.25, 0.3) is 0 Å². The molecule has 0 aliphatic rings. The molecule has 102 valence electrons. The highest BCUT2D eigenvalue weighted by Gasteiger charge is 2.29. The summed E-state index contributed by atoms with van der Waals surface area (Å²) in [5.41, 5.74) is 0. The first-order valence-corrected chi connectivity index (χ1v) is 5.00. The van der Waals surface area contributed by atoms with E-state index in [4.69, 9.17) is 4.74 Å². The van der Waals surface area contributed by atoms with Gasteiger partial charge in [-0.2, -0.15) is 13.2 Å². The normalized spacial score (nSPS) is 11.6. The number of halogens is 3. The molecule has 0 aromatic rings. The molecule has 0 aromatic heterocycles. The molecule has 0 saturated heterocycles. The van der Waals surface area contributed by atoms with Crippen molar-refractivity contribution >= 4 is 6.09 Å². The van der Waals surface area contributed by atoms with Crippen LogP contribution in [0.2, 0.25) is 0 Å². The Bertz CT molecular complexity index is 224. The predicted molar refractivity (Wildman–Crippen MR) is 54.8 cm³/mol. The molecule has 0 aliphatic heterocycles. The first-order valence-electron chi connectivity index (χ1n) is 5.00. The molecule has 1 amide bonds. The number of alkyl halides is 3. The molecule has 0 rings (SSSR count). The van der Waals surface area contributed by atoms with E-state index in [-0.39, 0.29) is 6.54 Å². The van der Waals surface area contributed by atoms with E-state index >= 15 is 0 Å². The lowest BCUT2D eigenvalue weighted by Gasteiger charge is -2.16. The van der Waals surface area contributed by atoms with E-state index < -0.39 is 18.9 Å². The summed E-state index contributed by atoms with van der Waals surface area (Å²) in [4.78, 5) is 12.7. The monoisotopic (exact) mass is 258 g/mol. The van der Waals surface area contributed by atoms with Crippen molar-refractivity contribution in [3.63, 3.8) is 0 Å². The molecule has 0 spiro atoms. The van der Waals surface area contributed by atoms with Gasteiger partial charge < -0.3 is 19.7 Å². The van der Waals surface area contributed by atoms with Crippen LogP contribution in [-0.4, -0.2) is 64.2 Å². The number of ether oxygens (including phenoxy) is 2. The number of rotatable bonds is 7. The second-order valence-corrected chi connectivity index (χ2v) is 3.41. The van der Waals surface area contributed by atoms with Gasteiger partial charge in [-0.15, -0.1) is 0 Å². The minimum absolute atomic E-state index is 0.219. The number of amides is 1. The van der Waals surface area contributed by atoms with Crippen molar-refractivity contribution in [3.05, 3.63) is 0 Å². The van der Waals surface area contributed by atoms with Gasteiger partial charge in [-0.05, 0) is 7.05 Å². The van der Waals surface area contributed by atoms with Gasteiger partial charge in [0.2, 0.25) is 0 Å². The molecule has 0 aliphatic carbocycles. The van der Waals surface area contributed by atoms with E-state index in [2.05, 4.69) is 10.1 Å². The molecular weight excluding hydrogens is 241 g/mol. The molecule has 1 N–H and O–H groups in total. The number of hydrogen-bond acceptors (Lipinski definition) is 4. The maximum absolute atomic E-state index is 11.7. The Morgan fingerprint density at radius 2 is 2.00 bits per heavy atom. The summed E-state index contributed by atoms with van der Waals surface area (Å²) in [6.45, 7) is 0.379. The number of nitrogens with zero attached hydrogens (tertiary/aromatic N) is 1. The first-order chi connectivity index (χ1) is 7.85. The molecule has 5 nitrogen and oxygen atoms in total. The van der Waals surface area contributed by atoms with Crippen molar-refractivity contribution in [1.82, 2.24) is 10.2 Å². The Morgan fingerprint density at radius 1 is 1.35 bits per heavy atom. The van der Waals surface area contributed by atoms with Gasteiger partial charge in [0.25, 0.3) is 0 Å². The number of carbonyl (C=O) groups excluding carboxylic acids is 1. The van der Waals surface area contributed by atoms with Gasteiger partial charge in [-0.1, -0.05) is 0 Å². The van der Waals surface area contributed by atoms with Crippen molar-refractivity contribution < 1.29 is 27.4 Å². The molecule has 0 atom stereocenters. The van der Waals surface area contributed by atoms with Crippen LogP contribution in [0.5, 0.6) is 0 Å². The van der Waals surface area contributed by atoms with Gasteiger partial charge in [-0.3, -0.25) is 0 Å². The fraction of sp³-hybridized carbons (Fsp3) is 0.889. The van der Waals surface area contributed by atoms with Gasteiger partial charge in [0, 0.05) is 26.7 Å². The Morgan fingerprint density at radius 3 is 2.53 bits per heavy atom. The maximum atomic E-state index is 11.7. The minimum atomic E-state index is -4.49. The highest BCUT2D eigenvalue weighted by molar-refractivity contribution is 5.67. The lowest BCUT2D eigenvalue weighted by atomic mass is 10.5. The number of methoxy groups -OCH3 is 1. The van der Waals surface area contributed by atoms with Crippen LogP contribution in [0.1, 0.15) is 0 Å². The van der Waals surface area contributed by atoms with Crippen molar-refractivity contribution in [3.8, 4) is 0 Å². The summed E-state index contributed by atoms with van der Waals surface area (Å²) in [5.74, 6) is 0. The van der Waals surface area contributed by atoms with Crippen molar-refractivity contribution in [2.75, 3.05) is 47.0 Å². The Hall–Kier alpha value is -1.02. The summed E-state index contributed by atoms with van der Waals surface area (Å²) < 4.78 is 43.8. The van der Waals surface area contributed by atoms with Crippen LogP contribution in [0, 0.1) is 0 Å². The summed E-state index contributed by atoms with van der Waals surface area (Å²) in [5, 5.41) is 2.22. The lowest BCUT2D eigenvalue weighted by Crippen LogP contribution is -2.35. The topological polar surface area (TPSA) is 50.8 Å². The number of carbonyl (C=O) groups is 1.